The van der Waals surface area contributed by atoms with E-state index < -0.39 is 0 Å². The highest BCUT2D eigenvalue weighted by Crippen LogP contribution is 2.27. The molecule has 18 heavy (non-hydrogen) atoms. The topological polar surface area (TPSA) is 26.3 Å². The van der Waals surface area contributed by atoms with Gasteiger partial charge >= 0.3 is 0 Å². The quantitative estimate of drug-likeness (QED) is 0.695. The number of carbonyl (C=O) groups is 1. The van der Waals surface area contributed by atoms with Gasteiger partial charge in [0.1, 0.15) is 5.78 Å². The molecule has 0 amide bonds. The van der Waals surface area contributed by atoms with E-state index in [0.29, 0.717) is 31.8 Å². The number of ketones is 1. The minimum atomic E-state index is -0.0259. The first-order chi connectivity index (χ1) is 8.59. The van der Waals surface area contributed by atoms with E-state index in [1.165, 1.54) is 5.56 Å². The maximum absolute atomic E-state index is 11.6. The minimum absolute atomic E-state index is 0.0259. The Morgan fingerprint density at radius 1 is 1.22 bits per heavy atom. The van der Waals surface area contributed by atoms with Crippen molar-refractivity contribution in [2.45, 2.75) is 46.6 Å². The zero-order valence-electron chi connectivity index (χ0n) is 11.7. The third-order valence-electron chi connectivity index (χ3n) is 3.43. The number of carbonyl (C=O) groups excluding carboxylic acids is 1. The van der Waals surface area contributed by atoms with Gasteiger partial charge in [0, 0.05) is 12.8 Å². The molecule has 0 N–H and O–H groups in total. The molecule has 0 spiro atoms. The Balaban J connectivity index is 2.41. The fourth-order valence-corrected chi connectivity index (χ4v) is 1.87. The molecule has 1 atom stereocenters. The van der Waals surface area contributed by atoms with Crippen LogP contribution >= 0.6 is 0 Å². The lowest BCUT2D eigenvalue weighted by Gasteiger charge is -2.27. The molecule has 0 aliphatic rings. The third-order valence-corrected chi connectivity index (χ3v) is 3.43. The smallest absolute Gasteiger partial charge is 0.133 e. The highest BCUT2D eigenvalue weighted by Gasteiger charge is 2.25. The van der Waals surface area contributed by atoms with Gasteiger partial charge in [0.05, 0.1) is 13.2 Å². The molecule has 0 saturated heterocycles. The molecule has 1 aromatic rings. The first-order valence-corrected chi connectivity index (χ1v) is 6.73. The van der Waals surface area contributed by atoms with Crippen molar-refractivity contribution in [3.05, 3.63) is 35.9 Å². The Bertz CT molecular complexity index is 359. The summed E-state index contributed by atoms with van der Waals surface area (Å²) in [4.78, 5) is 11.6. The molecule has 1 rings (SSSR count). The van der Waals surface area contributed by atoms with E-state index in [4.69, 9.17) is 4.74 Å². The summed E-state index contributed by atoms with van der Waals surface area (Å²) in [6.45, 7) is 7.44. The van der Waals surface area contributed by atoms with Crippen LogP contribution < -0.4 is 0 Å². The van der Waals surface area contributed by atoms with Crippen molar-refractivity contribution >= 4 is 5.78 Å². The van der Waals surface area contributed by atoms with E-state index >= 15 is 0 Å². The van der Waals surface area contributed by atoms with Gasteiger partial charge in [-0.05, 0) is 17.4 Å². The summed E-state index contributed by atoms with van der Waals surface area (Å²) in [6.07, 6.45) is 2.20. The van der Waals surface area contributed by atoms with Crippen LogP contribution in [0.2, 0.25) is 0 Å². The van der Waals surface area contributed by atoms with Crippen molar-refractivity contribution in [2.24, 2.45) is 5.41 Å². The van der Waals surface area contributed by atoms with Crippen LogP contribution in [0.1, 0.15) is 45.6 Å². The van der Waals surface area contributed by atoms with Gasteiger partial charge in [0.2, 0.25) is 0 Å². The highest BCUT2D eigenvalue weighted by atomic mass is 16.5. The lowest BCUT2D eigenvalue weighted by atomic mass is 9.83. The van der Waals surface area contributed by atoms with Crippen molar-refractivity contribution in [1.82, 2.24) is 0 Å². The van der Waals surface area contributed by atoms with Crippen LogP contribution in [0.5, 0.6) is 0 Å². The average molecular weight is 248 g/mol. The van der Waals surface area contributed by atoms with Crippen LogP contribution in [0, 0.1) is 5.41 Å². The van der Waals surface area contributed by atoms with Crippen LogP contribution in [0.3, 0.4) is 0 Å². The van der Waals surface area contributed by atoms with Crippen molar-refractivity contribution in [3.8, 4) is 0 Å². The molecular weight excluding hydrogens is 224 g/mol. The van der Waals surface area contributed by atoms with Crippen LogP contribution in [0.4, 0.5) is 0 Å². The Morgan fingerprint density at radius 2 is 1.89 bits per heavy atom. The Morgan fingerprint density at radius 3 is 2.44 bits per heavy atom. The number of rotatable bonds is 8. The number of benzene rings is 1. The standard InChI is InChI=1S/C16H24O2/c1-4-15(17)11-16(3,5-2)13-18-12-14-9-7-6-8-10-14/h6-10H,4-5,11-13H2,1-3H3/t16-/m1/s1. The summed E-state index contributed by atoms with van der Waals surface area (Å²) < 4.78 is 5.77. The number of hydrogen-bond acceptors (Lipinski definition) is 2. The lowest BCUT2D eigenvalue weighted by Crippen LogP contribution is -2.25. The van der Waals surface area contributed by atoms with E-state index in [2.05, 4.69) is 26.0 Å². The van der Waals surface area contributed by atoms with Gasteiger partial charge in [0.25, 0.3) is 0 Å². The normalized spacial score (nSPS) is 14.2. The highest BCUT2D eigenvalue weighted by molar-refractivity contribution is 5.78. The third kappa shape index (κ3) is 5.01. The fraction of sp³-hybridized carbons (Fsp3) is 0.562. The zero-order valence-corrected chi connectivity index (χ0v) is 11.7. The molecule has 0 radical (unpaired) electrons. The SMILES string of the molecule is CCC(=O)C[C@@](C)(CC)COCc1ccccc1. The van der Waals surface area contributed by atoms with Crippen LogP contribution in [0.25, 0.3) is 0 Å². The Labute approximate surface area is 110 Å². The van der Waals surface area contributed by atoms with E-state index in [-0.39, 0.29) is 5.41 Å². The predicted octanol–water partition coefficient (Wildman–Crippen LogP) is 3.99. The lowest BCUT2D eigenvalue weighted by molar-refractivity contribution is -0.122. The first-order valence-electron chi connectivity index (χ1n) is 6.73. The van der Waals surface area contributed by atoms with Gasteiger partial charge in [-0.1, -0.05) is 51.1 Å². The minimum Gasteiger partial charge on any atom is -0.376 e. The van der Waals surface area contributed by atoms with Crippen molar-refractivity contribution in [2.75, 3.05) is 6.61 Å². The van der Waals surface area contributed by atoms with Gasteiger partial charge in [-0.25, -0.2) is 0 Å². The molecule has 0 saturated carbocycles. The summed E-state index contributed by atoms with van der Waals surface area (Å²) in [5, 5.41) is 0. The van der Waals surface area contributed by atoms with Gasteiger partial charge in [-0.15, -0.1) is 0 Å². The van der Waals surface area contributed by atoms with Crippen molar-refractivity contribution < 1.29 is 9.53 Å². The van der Waals surface area contributed by atoms with Crippen LogP contribution in [0.15, 0.2) is 30.3 Å². The first kappa shape index (κ1) is 14.9. The second kappa shape index (κ2) is 7.32. The average Bonchev–Trinajstić information content (AvgIpc) is 2.40. The second-order valence-electron chi connectivity index (χ2n) is 5.21. The fourth-order valence-electron chi connectivity index (χ4n) is 1.87. The molecule has 100 valence electrons. The summed E-state index contributed by atoms with van der Waals surface area (Å²) in [5.41, 5.74) is 1.15. The summed E-state index contributed by atoms with van der Waals surface area (Å²) in [5.74, 6) is 0.322. The van der Waals surface area contributed by atoms with Gasteiger partial charge in [0.15, 0.2) is 0 Å². The second-order valence-corrected chi connectivity index (χ2v) is 5.21. The summed E-state index contributed by atoms with van der Waals surface area (Å²) in [6, 6.07) is 10.1. The molecule has 2 heteroatoms. The molecule has 0 heterocycles. The number of Topliss-reactive ketones (excluding diaryl/α,β-unsaturated/α-hetero) is 1. The summed E-state index contributed by atoms with van der Waals surface area (Å²) in [7, 11) is 0. The molecule has 0 aliphatic carbocycles. The predicted molar refractivity (Wildman–Crippen MR) is 74.4 cm³/mol. The van der Waals surface area contributed by atoms with E-state index in [1.54, 1.807) is 0 Å². The largest absolute Gasteiger partial charge is 0.376 e. The van der Waals surface area contributed by atoms with E-state index in [1.807, 2.05) is 25.1 Å². The molecule has 0 fully saturated rings. The summed E-state index contributed by atoms with van der Waals surface area (Å²) >= 11 is 0. The number of ether oxygens (including phenoxy) is 1. The molecule has 1 aromatic carbocycles. The monoisotopic (exact) mass is 248 g/mol. The molecule has 0 bridgehead atoms. The zero-order chi connectivity index (χ0) is 13.4. The van der Waals surface area contributed by atoms with Gasteiger partial charge in [-0.3, -0.25) is 4.79 Å². The van der Waals surface area contributed by atoms with E-state index in [0.717, 1.165) is 6.42 Å². The molecule has 0 aliphatic heterocycles. The van der Waals surface area contributed by atoms with Crippen molar-refractivity contribution in [1.29, 1.82) is 0 Å². The maximum atomic E-state index is 11.6. The van der Waals surface area contributed by atoms with Gasteiger partial charge < -0.3 is 4.74 Å². The van der Waals surface area contributed by atoms with Crippen molar-refractivity contribution in [3.63, 3.8) is 0 Å². The maximum Gasteiger partial charge on any atom is 0.133 e. The number of hydrogen-bond donors (Lipinski definition) is 0. The van der Waals surface area contributed by atoms with Gasteiger partial charge in [-0.2, -0.15) is 0 Å². The van der Waals surface area contributed by atoms with Crippen LogP contribution in [-0.2, 0) is 16.1 Å². The Hall–Kier alpha value is -1.15. The molecular formula is C16H24O2. The Kier molecular flexibility index (Phi) is 6.06. The molecule has 0 unspecified atom stereocenters. The molecule has 2 nitrogen and oxygen atoms in total. The van der Waals surface area contributed by atoms with E-state index in [9.17, 15) is 4.79 Å². The molecule has 0 aromatic heterocycles. The van der Waals surface area contributed by atoms with Crippen LogP contribution in [-0.4, -0.2) is 12.4 Å².